The molecule has 33 heavy (non-hydrogen) atoms. The van der Waals surface area contributed by atoms with Gasteiger partial charge >= 0.3 is 5.97 Å². The number of benzene rings is 2. The smallest absolute Gasteiger partial charge is 0.338 e. The monoisotopic (exact) mass is 470 g/mol. The fourth-order valence-electron chi connectivity index (χ4n) is 2.99. The zero-order valence-electron chi connectivity index (χ0n) is 18.2. The number of anilines is 1. The van der Waals surface area contributed by atoms with Crippen LogP contribution < -0.4 is 10.0 Å². The second-order valence-corrected chi connectivity index (χ2v) is 9.05. The van der Waals surface area contributed by atoms with Crippen LogP contribution in [0, 0.1) is 0 Å². The lowest BCUT2D eigenvalue weighted by Crippen LogP contribution is -2.28. The number of carbonyl (C=O) groups excluding carboxylic acids is 2. The molecular formula is C24H26N2O6S. The van der Waals surface area contributed by atoms with Crippen molar-refractivity contribution in [3.05, 3.63) is 83.8 Å². The predicted molar refractivity (Wildman–Crippen MR) is 123 cm³/mol. The molecule has 0 bridgehead atoms. The van der Waals surface area contributed by atoms with Crippen LogP contribution in [0.2, 0.25) is 0 Å². The molecule has 0 saturated carbocycles. The number of esters is 1. The van der Waals surface area contributed by atoms with Crippen molar-refractivity contribution in [1.29, 1.82) is 0 Å². The lowest BCUT2D eigenvalue weighted by atomic mass is 10.1. The van der Waals surface area contributed by atoms with Crippen molar-refractivity contribution in [3.8, 4) is 0 Å². The summed E-state index contributed by atoms with van der Waals surface area (Å²) in [7, 11) is -3.91. The SMILES string of the molecule is CCCCc1ccc(NS(=O)(=O)c2cccc(C(=O)OCC(=O)NCc3ccco3)c2)cc1. The van der Waals surface area contributed by atoms with Gasteiger partial charge in [-0.15, -0.1) is 0 Å². The van der Waals surface area contributed by atoms with Crippen LogP contribution in [-0.2, 0) is 32.5 Å². The van der Waals surface area contributed by atoms with Crippen molar-refractivity contribution in [2.75, 3.05) is 11.3 Å². The summed E-state index contributed by atoms with van der Waals surface area (Å²) in [5.41, 5.74) is 1.58. The van der Waals surface area contributed by atoms with Gasteiger partial charge in [-0.1, -0.05) is 31.5 Å². The minimum atomic E-state index is -3.91. The molecule has 1 amide bonds. The van der Waals surface area contributed by atoms with Gasteiger partial charge in [0.25, 0.3) is 15.9 Å². The summed E-state index contributed by atoms with van der Waals surface area (Å²) in [5.74, 6) is -0.747. The van der Waals surface area contributed by atoms with E-state index in [1.54, 1.807) is 24.3 Å². The fraction of sp³-hybridized carbons (Fsp3) is 0.250. The average Bonchev–Trinajstić information content (AvgIpc) is 3.34. The number of amides is 1. The van der Waals surface area contributed by atoms with Crippen LogP contribution in [0.4, 0.5) is 5.69 Å². The molecule has 2 aromatic carbocycles. The Balaban J connectivity index is 1.58. The minimum Gasteiger partial charge on any atom is -0.467 e. The van der Waals surface area contributed by atoms with Gasteiger partial charge in [0.1, 0.15) is 5.76 Å². The zero-order valence-corrected chi connectivity index (χ0v) is 19.1. The Bertz CT molecular complexity index is 1170. The first kappa shape index (κ1) is 24.1. The summed E-state index contributed by atoms with van der Waals surface area (Å²) < 4.78 is 38.1. The maximum atomic E-state index is 12.8. The maximum absolute atomic E-state index is 12.8. The normalized spacial score (nSPS) is 11.1. The Morgan fingerprint density at radius 2 is 1.82 bits per heavy atom. The second kappa shape index (κ2) is 11.3. The quantitative estimate of drug-likeness (QED) is 0.411. The van der Waals surface area contributed by atoms with Crippen molar-refractivity contribution in [1.82, 2.24) is 5.32 Å². The molecule has 174 valence electrons. The molecule has 3 rings (SSSR count). The molecule has 8 nitrogen and oxygen atoms in total. The first-order valence-corrected chi connectivity index (χ1v) is 12.0. The van der Waals surface area contributed by atoms with Gasteiger partial charge in [-0.2, -0.15) is 0 Å². The van der Waals surface area contributed by atoms with Crippen LogP contribution in [0.15, 0.2) is 76.2 Å². The van der Waals surface area contributed by atoms with Crippen molar-refractivity contribution in [2.45, 2.75) is 37.6 Å². The molecule has 0 aliphatic rings. The average molecular weight is 471 g/mol. The van der Waals surface area contributed by atoms with E-state index in [1.807, 2.05) is 12.1 Å². The molecular weight excluding hydrogens is 444 g/mol. The molecule has 1 aromatic heterocycles. The van der Waals surface area contributed by atoms with Crippen molar-refractivity contribution in [3.63, 3.8) is 0 Å². The topological polar surface area (TPSA) is 115 Å². The third-order valence-corrected chi connectivity index (χ3v) is 6.16. The Morgan fingerprint density at radius 1 is 1.03 bits per heavy atom. The summed E-state index contributed by atoms with van der Waals surface area (Å²) >= 11 is 0. The molecule has 9 heteroatoms. The molecule has 0 saturated heterocycles. The second-order valence-electron chi connectivity index (χ2n) is 7.37. The van der Waals surface area contributed by atoms with E-state index in [1.165, 1.54) is 30.5 Å². The third kappa shape index (κ3) is 7.21. The van der Waals surface area contributed by atoms with E-state index in [2.05, 4.69) is 17.0 Å². The number of furan rings is 1. The number of ether oxygens (including phenoxy) is 1. The Hall–Kier alpha value is -3.59. The number of carbonyl (C=O) groups is 2. The number of rotatable bonds is 11. The Kier molecular flexibility index (Phi) is 8.26. The fourth-order valence-corrected chi connectivity index (χ4v) is 4.09. The molecule has 2 N–H and O–H groups in total. The maximum Gasteiger partial charge on any atom is 0.338 e. The highest BCUT2D eigenvalue weighted by atomic mass is 32.2. The van der Waals surface area contributed by atoms with Gasteiger partial charge in [0.2, 0.25) is 0 Å². The standard InChI is InChI=1S/C24H26N2O6S/c1-2-3-6-18-10-12-20(13-11-18)26-33(29,30)22-9-4-7-19(15-22)24(28)32-17-23(27)25-16-21-8-5-14-31-21/h4-5,7-15,26H,2-3,6,16-17H2,1H3,(H,25,27). The van der Waals surface area contributed by atoms with Crippen LogP contribution >= 0.6 is 0 Å². The predicted octanol–water partition coefficient (Wildman–Crippen LogP) is 3.90. The number of nitrogens with one attached hydrogen (secondary N) is 2. The van der Waals surface area contributed by atoms with Crippen LogP contribution in [0.5, 0.6) is 0 Å². The molecule has 0 aliphatic carbocycles. The molecule has 1 heterocycles. The molecule has 0 radical (unpaired) electrons. The molecule has 3 aromatic rings. The van der Waals surface area contributed by atoms with Crippen LogP contribution in [0.25, 0.3) is 0 Å². The molecule has 0 fully saturated rings. The first-order chi connectivity index (χ1) is 15.9. The Labute approximate surface area is 193 Å². The number of unbranched alkanes of at least 4 members (excludes halogenated alkanes) is 1. The van der Waals surface area contributed by atoms with Gasteiger partial charge in [-0.3, -0.25) is 9.52 Å². The van der Waals surface area contributed by atoms with E-state index in [-0.39, 0.29) is 17.0 Å². The highest BCUT2D eigenvalue weighted by Crippen LogP contribution is 2.19. The van der Waals surface area contributed by atoms with Crippen molar-refractivity contribution in [2.24, 2.45) is 0 Å². The summed E-state index contributed by atoms with van der Waals surface area (Å²) in [6, 6.07) is 16.0. The van der Waals surface area contributed by atoms with Crippen molar-refractivity contribution >= 4 is 27.6 Å². The minimum absolute atomic E-state index is 0.0200. The van der Waals surface area contributed by atoms with E-state index < -0.39 is 28.5 Å². The molecule has 0 spiro atoms. The highest BCUT2D eigenvalue weighted by molar-refractivity contribution is 7.92. The summed E-state index contributed by atoms with van der Waals surface area (Å²) in [6.07, 6.45) is 4.58. The lowest BCUT2D eigenvalue weighted by molar-refractivity contribution is -0.124. The zero-order chi connectivity index (χ0) is 23.7. The van der Waals surface area contributed by atoms with E-state index in [9.17, 15) is 18.0 Å². The van der Waals surface area contributed by atoms with Gasteiger partial charge in [-0.25, -0.2) is 13.2 Å². The first-order valence-electron chi connectivity index (χ1n) is 10.6. The van der Waals surface area contributed by atoms with Crippen molar-refractivity contribution < 1.29 is 27.2 Å². The third-order valence-electron chi connectivity index (χ3n) is 4.78. The highest BCUT2D eigenvalue weighted by Gasteiger charge is 2.18. The van der Waals surface area contributed by atoms with Crippen LogP contribution in [0.1, 0.15) is 41.4 Å². The largest absolute Gasteiger partial charge is 0.467 e. The molecule has 0 atom stereocenters. The number of hydrogen-bond acceptors (Lipinski definition) is 6. The van der Waals surface area contributed by atoms with Gasteiger partial charge in [0.05, 0.1) is 23.3 Å². The van der Waals surface area contributed by atoms with E-state index >= 15 is 0 Å². The molecule has 0 aliphatic heterocycles. The Morgan fingerprint density at radius 3 is 2.52 bits per heavy atom. The summed E-state index contributed by atoms with van der Waals surface area (Å²) in [5, 5.41) is 2.55. The number of sulfonamides is 1. The summed E-state index contributed by atoms with van der Waals surface area (Å²) in [6.45, 7) is 1.78. The van der Waals surface area contributed by atoms with Gasteiger partial charge in [0.15, 0.2) is 6.61 Å². The van der Waals surface area contributed by atoms with Crippen LogP contribution in [-0.4, -0.2) is 26.9 Å². The van der Waals surface area contributed by atoms with Crippen LogP contribution in [0.3, 0.4) is 0 Å². The number of hydrogen-bond donors (Lipinski definition) is 2. The van der Waals surface area contributed by atoms with E-state index in [4.69, 9.17) is 9.15 Å². The van der Waals surface area contributed by atoms with Gasteiger partial charge in [-0.05, 0) is 60.9 Å². The van der Waals surface area contributed by atoms with Gasteiger partial charge < -0.3 is 14.5 Å². The van der Waals surface area contributed by atoms with Gasteiger partial charge in [0, 0.05) is 5.69 Å². The molecule has 0 unspecified atom stereocenters. The summed E-state index contributed by atoms with van der Waals surface area (Å²) in [4.78, 5) is 24.1. The lowest BCUT2D eigenvalue weighted by Gasteiger charge is -2.10. The van der Waals surface area contributed by atoms with E-state index in [0.29, 0.717) is 11.4 Å². The van der Waals surface area contributed by atoms with E-state index in [0.717, 1.165) is 24.8 Å². The number of aryl methyl sites for hydroxylation is 1.